The molecule has 0 bridgehead atoms. The van der Waals surface area contributed by atoms with Crippen LogP contribution in [-0.4, -0.2) is 27.7 Å². The first-order valence-electron chi connectivity index (χ1n) is 6.92. The predicted molar refractivity (Wildman–Crippen MR) is 84.1 cm³/mol. The summed E-state index contributed by atoms with van der Waals surface area (Å²) in [6.07, 6.45) is 7.36. The zero-order chi connectivity index (χ0) is 17.1. The van der Waals surface area contributed by atoms with Crippen molar-refractivity contribution in [2.75, 3.05) is 7.11 Å². The van der Waals surface area contributed by atoms with Crippen molar-refractivity contribution < 1.29 is 13.9 Å². The number of aromatic nitrogens is 3. The molecule has 0 aliphatic carbocycles. The minimum Gasteiger partial charge on any atom is -0.466 e. The van der Waals surface area contributed by atoms with Crippen molar-refractivity contribution in [1.82, 2.24) is 14.6 Å². The van der Waals surface area contributed by atoms with E-state index in [1.54, 1.807) is 24.4 Å². The Morgan fingerprint density at radius 3 is 2.92 bits per heavy atom. The van der Waals surface area contributed by atoms with Gasteiger partial charge in [-0.1, -0.05) is 0 Å². The number of carbonyl (C=O) groups is 1. The zero-order valence-electron chi connectivity index (χ0n) is 12.6. The summed E-state index contributed by atoms with van der Waals surface area (Å²) < 4.78 is 19.2. The Morgan fingerprint density at radius 2 is 2.25 bits per heavy atom. The van der Waals surface area contributed by atoms with E-state index in [1.165, 1.54) is 36.2 Å². The Kier molecular flexibility index (Phi) is 4.03. The summed E-state index contributed by atoms with van der Waals surface area (Å²) in [5.74, 6) is -1.08. The van der Waals surface area contributed by atoms with Gasteiger partial charge in [-0.2, -0.15) is 14.8 Å². The normalized spacial score (nSPS) is 10.9. The number of methoxy groups -OCH3 is 1. The van der Waals surface area contributed by atoms with E-state index in [0.29, 0.717) is 27.8 Å². The monoisotopic (exact) mass is 322 g/mol. The van der Waals surface area contributed by atoms with Crippen LogP contribution in [0.1, 0.15) is 11.1 Å². The number of carbonyl (C=O) groups excluding carboxylic acids is 1. The van der Waals surface area contributed by atoms with E-state index in [2.05, 4.69) is 20.9 Å². The highest BCUT2D eigenvalue weighted by atomic mass is 19.1. The Hall–Kier alpha value is -3.53. The average Bonchev–Trinajstić information content (AvgIpc) is 3.02. The van der Waals surface area contributed by atoms with Crippen molar-refractivity contribution in [3.05, 3.63) is 59.9 Å². The molecule has 0 aromatic carbocycles. The van der Waals surface area contributed by atoms with Crippen LogP contribution in [0.15, 0.2) is 42.9 Å². The van der Waals surface area contributed by atoms with Gasteiger partial charge < -0.3 is 4.74 Å². The maximum Gasteiger partial charge on any atom is 0.330 e. The lowest BCUT2D eigenvalue weighted by Crippen LogP contribution is -1.96. The summed E-state index contributed by atoms with van der Waals surface area (Å²) in [7, 11) is 1.29. The first-order valence-corrected chi connectivity index (χ1v) is 6.92. The third-order valence-electron chi connectivity index (χ3n) is 3.40. The lowest BCUT2D eigenvalue weighted by atomic mass is 10.0. The lowest BCUT2D eigenvalue weighted by molar-refractivity contribution is -0.134. The molecular formula is C17H11FN4O2. The first-order chi connectivity index (χ1) is 11.6. The minimum atomic E-state index is -0.592. The molecule has 0 saturated heterocycles. The Bertz CT molecular complexity index is 984. The van der Waals surface area contributed by atoms with Crippen molar-refractivity contribution in [3.8, 4) is 17.2 Å². The van der Waals surface area contributed by atoms with Gasteiger partial charge in [0.05, 0.1) is 24.4 Å². The molecule has 0 saturated carbocycles. The molecule has 3 rings (SSSR count). The quantitative estimate of drug-likeness (QED) is 0.421. The fourth-order valence-electron chi connectivity index (χ4n) is 2.30. The number of hydrogen-bond acceptors (Lipinski definition) is 5. The van der Waals surface area contributed by atoms with Gasteiger partial charge in [0.1, 0.15) is 6.07 Å². The average molecular weight is 322 g/mol. The molecule has 118 valence electrons. The Balaban J connectivity index is 2.22. The molecule has 0 aliphatic rings. The van der Waals surface area contributed by atoms with Crippen LogP contribution in [0.4, 0.5) is 4.39 Å². The van der Waals surface area contributed by atoms with Crippen LogP contribution in [0.25, 0.3) is 22.7 Å². The number of ether oxygens (including phenoxy) is 1. The largest absolute Gasteiger partial charge is 0.466 e. The summed E-state index contributed by atoms with van der Waals surface area (Å²) in [5, 5.41) is 13.4. The highest BCUT2D eigenvalue weighted by Gasteiger charge is 2.12. The van der Waals surface area contributed by atoms with Crippen LogP contribution in [0.5, 0.6) is 0 Å². The maximum absolute atomic E-state index is 13.1. The second-order valence-corrected chi connectivity index (χ2v) is 4.88. The number of esters is 1. The molecule has 3 aromatic rings. The summed E-state index contributed by atoms with van der Waals surface area (Å²) in [6.45, 7) is 0. The van der Waals surface area contributed by atoms with Crippen molar-refractivity contribution >= 4 is 17.6 Å². The summed E-state index contributed by atoms with van der Waals surface area (Å²) in [4.78, 5) is 14.9. The van der Waals surface area contributed by atoms with E-state index in [4.69, 9.17) is 0 Å². The molecule has 3 aromatic heterocycles. The molecule has 0 amide bonds. The van der Waals surface area contributed by atoms with Gasteiger partial charge in [0.15, 0.2) is 0 Å². The molecule has 7 heteroatoms. The van der Waals surface area contributed by atoms with Crippen molar-refractivity contribution in [1.29, 1.82) is 5.26 Å². The van der Waals surface area contributed by atoms with Gasteiger partial charge >= 0.3 is 5.97 Å². The van der Waals surface area contributed by atoms with E-state index in [1.807, 2.05) is 0 Å². The molecule has 6 nitrogen and oxygen atoms in total. The molecule has 24 heavy (non-hydrogen) atoms. The van der Waals surface area contributed by atoms with Crippen LogP contribution in [0, 0.1) is 17.3 Å². The molecule has 0 unspecified atom stereocenters. The van der Waals surface area contributed by atoms with Gasteiger partial charge in [-0.15, -0.1) is 0 Å². The Labute approximate surface area is 136 Å². The predicted octanol–water partition coefficient (Wildman–Crippen LogP) is 2.59. The summed E-state index contributed by atoms with van der Waals surface area (Å²) in [6, 6.07) is 6.66. The topological polar surface area (TPSA) is 80.3 Å². The van der Waals surface area contributed by atoms with Crippen LogP contribution < -0.4 is 0 Å². The van der Waals surface area contributed by atoms with Gasteiger partial charge in [0.2, 0.25) is 5.95 Å². The molecular weight excluding hydrogens is 311 g/mol. The van der Waals surface area contributed by atoms with E-state index in [9.17, 15) is 14.4 Å². The molecule has 0 N–H and O–H groups in total. The second-order valence-electron chi connectivity index (χ2n) is 4.88. The second kappa shape index (κ2) is 6.30. The molecule has 0 atom stereocenters. The number of nitrogens with zero attached hydrogens (tertiary/aromatic N) is 4. The third kappa shape index (κ3) is 2.85. The van der Waals surface area contributed by atoms with E-state index >= 15 is 0 Å². The maximum atomic E-state index is 13.1. The molecule has 0 radical (unpaired) electrons. The zero-order valence-corrected chi connectivity index (χ0v) is 12.6. The van der Waals surface area contributed by atoms with Gasteiger partial charge in [-0.3, -0.25) is 0 Å². The van der Waals surface area contributed by atoms with Crippen LogP contribution in [0.2, 0.25) is 0 Å². The highest BCUT2D eigenvalue weighted by Crippen LogP contribution is 2.28. The van der Waals surface area contributed by atoms with Crippen LogP contribution in [0.3, 0.4) is 0 Å². The molecule has 0 fully saturated rings. The number of pyridine rings is 2. The van der Waals surface area contributed by atoms with Gasteiger partial charge in [-0.25, -0.2) is 14.3 Å². The number of hydrogen-bond donors (Lipinski definition) is 0. The molecule has 3 heterocycles. The third-order valence-corrected chi connectivity index (χ3v) is 3.40. The molecule has 0 aliphatic heterocycles. The number of nitriles is 1. The van der Waals surface area contributed by atoms with E-state index < -0.39 is 11.9 Å². The minimum absolute atomic E-state index is 0.387. The number of halogens is 1. The SMILES string of the molecule is COC(=O)/C=C/c1cc(-c2ccc(F)nc2)c2c(C#N)cnn2c1. The van der Waals surface area contributed by atoms with Crippen LogP contribution >= 0.6 is 0 Å². The van der Waals surface area contributed by atoms with Crippen molar-refractivity contribution in [3.63, 3.8) is 0 Å². The van der Waals surface area contributed by atoms with Crippen molar-refractivity contribution in [2.24, 2.45) is 0 Å². The Morgan fingerprint density at radius 1 is 1.42 bits per heavy atom. The van der Waals surface area contributed by atoms with E-state index in [-0.39, 0.29) is 0 Å². The number of fused-ring (bicyclic) bond motifs is 1. The number of rotatable bonds is 3. The van der Waals surface area contributed by atoms with Crippen molar-refractivity contribution in [2.45, 2.75) is 0 Å². The van der Waals surface area contributed by atoms with Gasteiger partial charge in [0, 0.05) is 29.6 Å². The summed E-state index contributed by atoms with van der Waals surface area (Å²) in [5.41, 5.74) is 2.93. The van der Waals surface area contributed by atoms with Gasteiger partial charge in [-0.05, 0) is 29.8 Å². The fourth-order valence-corrected chi connectivity index (χ4v) is 2.30. The first kappa shape index (κ1) is 15.4. The van der Waals surface area contributed by atoms with E-state index in [0.717, 1.165) is 0 Å². The highest BCUT2D eigenvalue weighted by molar-refractivity contribution is 5.89. The van der Waals surface area contributed by atoms with Crippen LogP contribution in [-0.2, 0) is 9.53 Å². The lowest BCUT2D eigenvalue weighted by Gasteiger charge is -2.07. The fraction of sp³-hybridized carbons (Fsp3) is 0.0588. The standard InChI is InChI=1S/C17H11FN4O2/c1-24-16(23)5-2-11-6-14(12-3-4-15(18)20-8-12)17-13(7-19)9-21-22(17)10-11/h2-6,8-10H,1H3/b5-2+. The van der Waals surface area contributed by atoms with Gasteiger partial charge in [0.25, 0.3) is 0 Å². The molecule has 0 spiro atoms. The smallest absolute Gasteiger partial charge is 0.330 e. The summed E-state index contributed by atoms with van der Waals surface area (Å²) >= 11 is 0.